The highest BCUT2D eigenvalue weighted by molar-refractivity contribution is 6.36. The summed E-state index contributed by atoms with van der Waals surface area (Å²) in [7, 11) is 0. The van der Waals surface area contributed by atoms with E-state index in [1.54, 1.807) is 0 Å². The Kier molecular flexibility index (Phi) is 6.20. The van der Waals surface area contributed by atoms with E-state index in [-0.39, 0.29) is 40.9 Å². The summed E-state index contributed by atoms with van der Waals surface area (Å²) in [5.41, 5.74) is -1.99. The molecule has 2 aromatic rings. The number of piperidine rings is 1. The van der Waals surface area contributed by atoms with Gasteiger partial charge < -0.3 is 5.32 Å². The highest BCUT2D eigenvalue weighted by Gasteiger charge is 2.47. The van der Waals surface area contributed by atoms with Crippen molar-refractivity contribution in [3.8, 4) is 0 Å². The van der Waals surface area contributed by atoms with E-state index in [4.69, 9.17) is 23.2 Å². The zero-order chi connectivity index (χ0) is 22.1. The van der Waals surface area contributed by atoms with E-state index in [1.165, 1.54) is 12.1 Å². The molecule has 0 unspecified atom stereocenters. The molecule has 8 heteroatoms. The first-order valence-corrected chi connectivity index (χ1v) is 10.2. The van der Waals surface area contributed by atoms with Crippen molar-refractivity contribution in [3.05, 3.63) is 69.2 Å². The Morgan fingerprint density at radius 3 is 2.33 bits per heavy atom. The van der Waals surface area contributed by atoms with Crippen LogP contribution in [-0.4, -0.2) is 17.7 Å². The van der Waals surface area contributed by atoms with Crippen molar-refractivity contribution in [2.75, 3.05) is 0 Å². The van der Waals surface area contributed by atoms with Gasteiger partial charge in [0.2, 0.25) is 17.5 Å². The minimum atomic E-state index is -2.49. The number of carbonyl (C=O) groups is 3. The van der Waals surface area contributed by atoms with Crippen molar-refractivity contribution in [2.45, 2.75) is 44.3 Å². The molecule has 0 saturated carbocycles. The third-order valence-electron chi connectivity index (χ3n) is 5.32. The fraction of sp³-hybridized carbons (Fsp3) is 0.318. The fourth-order valence-electron chi connectivity index (χ4n) is 3.42. The van der Waals surface area contributed by atoms with Gasteiger partial charge in [-0.25, -0.2) is 4.39 Å². The molecule has 5 nitrogen and oxygen atoms in total. The molecule has 0 bridgehead atoms. The lowest BCUT2D eigenvalue weighted by atomic mass is 9.83. The van der Waals surface area contributed by atoms with Crippen LogP contribution in [0.2, 0.25) is 10.0 Å². The highest BCUT2D eigenvalue weighted by Crippen LogP contribution is 2.42. The number of imide groups is 1. The number of rotatable bonds is 5. The average molecular weight is 451 g/mol. The molecule has 0 aliphatic carbocycles. The van der Waals surface area contributed by atoms with Gasteiger partial charge in [0.25, 0.3) is 5.91 Å². The first kappa shape index (κ1) is 22.2. The van der Waals surface area contributed by atoms with E-state index in [2.05, 4.69) is 5.32 Å². The van der Waals surface area contributed by atoms with Gasteiger partial charge in [0, 0.05) is 35.0 Å². The van der Waals surface area contributed by atoms with Gasteiger partial charge in [-0.15, -0.1) is 0 Å². The Labute approximate surface area is 183 Å². The quantitative estimate of drug-likeness (QED) is 0.670. The maximum absolute atomic E-state index is 15.4. The van der Waals surface area contributed by atoms with E-state index in [0.29, 0.717) is 5.56 Å². The number of benzene rings is 2. The molecular formula is C22H21Cl2FN2O3. The largest absolute Gasteiger partial charge is 0.351 e. The Hall–Kier alpha value is -2.44. The van der Waals surface area contributed by atoms with E-state index < -0.39 is 22.9 Å². The second-order valence-corrected chi connectivity index (χ2v) is 8.60. The number of hydrogen-bond donors (Lipinski definition) is 2. The van der Waals surface area contributed by atoms with Crippen LogP contribution < -0.4 is 10.6 Å². The molecule has 3 rings (SSSR count). The van der Waals surface area contributed by atoms with Crippen LogP contribution in [0, 0.1) is 0 Å². The van der Waals surface area contributed by atoms with Gasteiger partial charge in [-0.2, -0.15) is 0 Å². The third kappa shape index (κ3) is 4.20. The van der Waals surface area contributed by atoms with E-state index >= 15 is 4.39 Å². The predicted octanol–water partition coefficient (Wildman–Crippen LogP) is 4.19. The molecule has 0 spiro atoms. The van der Waals surface area contributed by atoms with Crippen molar-refractivity contribution < 1.29 is 18.8 Å². The topological polar surface area (TPSA) is 75.3 Å². The summed E-state index contributed by atoms with van der Waals surface area (Å²) in [5.74, 6) is -1.81. The van der Waals surface area contributed by atoms with Gasteiger partial charge in [0.1, 0.15) is 0 Å². The SMILES string of the molecule is CC(C)(C(=O)NCc1cc(Cl)c([C@@]2(F)CCC(=O)NC2=O)c(Cl)c1)c1ccccc1. The van der Waals surface area contributed by atoms with Crippen LogP contribution in [-0.2, 0) is 32.0 Å². The van der Waals surface area contributed by atoms with E-state index in [9.17, 15) is 14.4 Å². The smallest absolute Gasteiger partial charge is 0.269 e. The van der Waals surface area contributed by atoms with Crippen LogP contribution in [0.3, 0.4) is 0 Å². The molecule has 2 aromatic carbocycles. The first-order chi connectivity index (χ1) is 14.1. The summed E-state index contributed by atoms with van der Waals surface area (Å²) < 4.78 is 15.4. The zero-order valence-corrected chi connectivity index (χ0v) is 18.0. The lowest BCUT2D eigenvalue weighted by Crippen LogP contribution is -2.49. The fourth-order valence-corrected chi connectivity index (χ4v) is 4.25. The molecule has 158 valence electrons. The number of halogens is 3. The number of amides is 3. The first-order valence-electron chi connectivity index (χ1n) is 9.41. The van der Waals surface area contributed by atoms with Crippen LogP contribution >= 0.6 is 23.2 Å². The summed E-state index contributed by atoms with van der Waals surface area (Å²) in [6.45, 7) is 3.76. The maximum atomic E-state index is 15.4. The molecule has 0 radical (unpaired) electrons. The molecule has 1 aliphatic heterocycles. The normalized spacial score (nSPS) is 19.4. The number of hydrogen-bond acceptors (Lipinski definition) is 3. The summed E-state index contributed by atoms with van der Waals surface area (Å²) in [6.07, 6.45) is -0.486. The summed E-state index contributed by atoms with van der Waals surface area (Å²) in [6, 6.07) is 12.3. The van der Waals surface area contributed by atoms with Crippen molar-refractivity contribution in [2.24, 2.45) is 0 Å². The Balaban J connectivity index is 1.78. The number of carbonyl (C=O) groups excluding carboxylic acids is 3. The lowest BCUT2D eigenvalue weighted by molar-refractivity contribution is -0.144. The Morgan fingerprint density at radius 1 is 1.17 bits per heavy atom. The van der Waals surface area contributed by atoms with Crippen molar-refractivity contribution in [1.29, 1.82) is 0 Å². The highest BCUT2D eigenvalue weighted by atomic mass is 35.5. The zero-order valence-electron chi connectivity index (χ0n) is 16.5. The van der Waals surface area contributed by atoms with E-state index in [0.717, 1.165) is 5.56 Å². The second kappa shape index (κ2) is 8.36. The molecule has 30 heavy (non-hydrogen) atoms. The van der Waals surface area contributed by atoms with Gasteiger partial charge in [0.15, 0.2) is 0 Å². The summed E-state index contributed by atoms with van der Waals surface area (Å²) >= 11 is 12.5. The van der Waals surface area contributed by atoms with Gasteiger partial charge in [-0.3, -0.25) is 19.7 Å². The lowest BCUT2D eigenvalue weighted by Gasteiger charge is -2.30. The Morgan fingerprint density at radius 2 is 1.77 bits per heavy atom. The summed E-state index contributed by atoms with van der Waals surface area (Å²) in [5, 5.41) is 4.74. The van der Waals surface area contributed by atoms with Gasteiger partial charge in [-0.1, -0.05) is 53.5 Å². The summed E-state index contributed by atoms with van der Waals surface area (Å²) in [4.78, 5) is 36.2. The third-order valence-corrected chi connectivity index (χ3v) is 5.92. The van der Waals surface area contributed by atoms with Crippen LogP contribution in [0.15, 0.2) is 42.5 Å². The Bertz CT molecular complexity index is 988. The monoisotopic (exact) mass is 450 g/mol. The maximum Gasteiger partial charge on any atom is 0.269 e. The van der Waals surface area contributed by atoms with Crippen LogP contribution in [0.5, 0.6) is 0 Å². The van der Waals surface area contributed by atoms with Crippen molar-refractivity contribution in [3.63, 3.8) is 0 Å². The molecule has 2 N–H and O–H groups in total. The average Bonchev–Trinajstić information content (AvgIpc) is 2.69. The van der Waals surface area contributed by atoms with E-state index in [1.807, 2.05) is 49.5 Å². The molecule has 1 aliphatic rings. The standard InChI is InChI=1S/C22H21Cl2FN2O3/c1-21(2,14-6-4-3-5-7-14)19(29)26-12-13-10-15(23)18(16(24)11-13)22(25)9-8-17(28)27-20(22)30/h3-7,10-11H,8-9,12H2,1-2H3,(H,26,29)(H,27,28,30)/t22-/m0/s1. The molecule has 1 heterocycles. The van der Waals surface area contributed by atoms with Crippen LogP contribution in [0.1, 0.15) is 43.4 Å². The minimum absolute atomic E-state index is 0.0407. The molecule has 3 amide bonds. The predicted molar refractivity (Wildman–Crippen MR) is 113 cm³/mol. The molecular weight excluding hydrogens is 430 g/mol. The second-order valence-electron chi connectivity index (χ2n) is 7.79. The van der Waals surface area contributed by atoms with Gasteiger partial charge in [0.05, 0.1) is 5.41 Å². The van der Waals surface area contributed by atoms with Crippen LogP contribution in [0.25, 0.3) is 0 Å². The number of nitrogens with one attached hydrogen (secondary N) is 2. The molecule has 0 aromatic heterocycles. The molecule has 1 atom stereocenters. The number of alkyl halides is 1. The van der Waals surface area contributed by atoms with Crippen LogP contribution in [0.4, 0.5) is 4.39 Å². The van der Waals surface area contributed by atoms with Crippen molar-refractivity contribution in [1.82, 2.24) is 10.6 Å². The molecule has 1 saturated heterocycles. The van der Waals surface area contributed by atoms with Crippen molar-refractivity contribution >= 4 is 40.9 Å². The van der Waals surface area contributed by atoms with Gasteiger partial charge >= 0.3 is 0 Å². The van der Waals surface area contributed by atoms with Gasteiger partial charge in [-0.05, 0) is 37.1 Å². The minimum Gasteiger partial charge on any atom is -0.351 e. The molecule has 1 fully saturated rings.